The summed E-state index contributed by atoms with van der Waals surface area (Å²) in [6.07, 6.45) is 13.4. The zero-order valence-electron chi connectivity index (χ0n) is 11.2. The molecule has 2 rings (SSSR count). The second-order valence-corrected chi connectivity index (χ2v) is 6.18. The van der Waals surface area contributed by atoms with Crippen LogP contribution in [0.25, 0.3) is 0 Å². The van der Waals surface area contributed by atoms with Crippen LogP contribution in [-0.2, 0) is 0 Å². The van der Waals surface area contributed by atoms with Crippen LogP contribution < -0.4 is 5.32 Å². The van der Waals surface area contributed by atoms with Gasteiger partial charge < -0.3 is 10.4 Å². The first kappa shape index (κ1) is 13.4. The van der Waals surface area contributed by atoms with Gasteiger partial charge in [-0.05, 0) is 31.2 Å². The highest BCUT2D eigenvalue weighted by Crippen LogP contribution is 2.28. The van der Waals surface area contributed by atoms with Gasteiger partial charge in [0.05, 0.1) is 6.10 Å². The Bertz CT molecular complexity index is 195. The molecule has 0 saturated heterocycles. The second-order valence-electron chi connectivity index (χ2n) is 6.18. The van der Waals surface area contributed by atoms with Crippen LogP contribution in [0.5, 0.6) is 0 Å². The Morgan fingerprint density at radius 1 is 0.941 bits per heavy atom. The highest BCUT2D eigenvalue weighted by atomic mass is 16.3. The highest BCUT2D eigenvalue weighted by Gasteiger charge is 2.19. The summed E-state index contributed by atoms with van der Waals surface area (Å²) in [6, 6.07) is 0. The van der Waals surface area contributed by atoms with E-state index in [0.717, 1.165) is 31.3 Å². The van der Waals surface area contributed by atoms with Crippen LogP contribution >= 0.6 is 0 Å². The standard InChI is InChI=1S/C15H29NO/c17-15(11-14-7-3-4-8-14)12-16-10-9-13-5-1-2-6-13/h13-17H,1-12H2. The van der Waals surface area contributed by atoms with Crippen molar-refractivity contribution in [1.82, 2.24) is 5.32 Å². The van der Waals surface area contributed by atoms with Gasteiger partial charge in [-0.3, -0.25) is 0 Å². The van der Waals surface area contributed by atoms with Gasteiger partial charge in [0, 0.05) is 6.54 Å². The number of aliphatic hydroxyl groups is 1. The minimum absolute atomic E-state index is 0.110. The lowest BCUT2D eigenvalue weighted by Crippen LogP contribution is -2.29. The average molecular weight is 239 g/mol. The van der Waals surface area contributed by atoms with Crippen LogP contribution in [0.15, 0.2) is 0 Å². The lowest BCUT2D eigenvalue weighted by molar-refractivity contribution is 0.140. The molecule has 0 spiro atoms. The topological polar surface area (TPSA) is 32.3 Å². The van der Waals surface area contributed by atoms with Crippen molar-refractivity contribution in [2.75, 3.05) is 13.1 Å². The van der Waals surface area contributed by atoms with Crippen LogP contribution in [-0.4, -0.2) is 24.3 Å². The fraction of sp³-hybridized carbons (Fsp3) is 1.00. The van der Waals surface area contributed by atoms with E-state index in [-0.39, 0.29) is 6.10 Å². The molecule has 1 atom stereocenters. The first-order chi connectivity index (χ1) is 8.34. The summed E-state index contributed by atoms with van der Waals surface area (Å²) in [7, 11) is 0. The van der Waals surface area contributed by atoms with Gasteiger partial charge in [-0.15, -0.1) is 0 Å². The van der Waals surface area contributed by atoms with Crippen LogP contribution in [0.3, 0.4) is 0 Å². The second kappa shape index (κ2) is 7.38. The van der Waals surface area contributed by atoms with E-state index >= 15 is 0 Å². The molecular weight excluding hydrogens is 210 g/mol. The molecule has 0 amide bonds. The van der Waals surface area contributed by atoms with Gasteiger partial charge in [-0.25, -0.2) is 0 Å². The summed E-state index contributed by atoms with van der Waals surface area (Å²) in [6.45, 7) is 1.91. The highest BCUT2D eigenvalue weighted by molar-refractivity contribution is 4.73. The number of hydrogen-bond acceptors (Lipinski definition) is 2. The predicted octanol–water partition coefficient (Wildman–Crippen LogP) is 3.10. The fourth-order valence-corrected chi connectivity index (χ4v) is 3.59. The van der Waals surface area contributed by atoms with Crippen molar-refractivity contribution >= 4 is 0 Å². The molecule has 0 aliphatic heterocycles. The SMILES string of the molecule is OC(CNCCC1CCCC1)CC1CCCC1. The van der Waals surface area contributed by atoms with Crippen molar-refractivity contribution < 1.29 is 5.11 Å². The van der Waals surface area contributed by atoms with Crippen molar-refractivity contribution in [3.63, 3.8) is 0 Å². The van der Waals surface area contributed by atoms with Gasteiger partial charge in [-0.2, -0.15) is 0 Å². The number of nitrogens with one attached hydrogen (secondary N) is 1. The Hall–Kier alpha value is -0.0800. The molecule has 2 fully saturated rings. The van der Waals surface area contributed by atoms with Gasteiger partial charge in [0.1, 0.15) is 0 Å². The third-order valence-electron chi connectivity index (χ3n) is 4.66. The van der Waals surface area contributed by atoms with Crippen molar-refractivity contribution in [1.29, 1.82) is 0 Å². The zero-order chi connectivity index (χ0) is 11.9. The first-order valence-corrected chi connectivity index (χ1v) is 7.73. The Morgan fingerprint density at radius 3 is 2.18 bits per heavy atom. The molecule has 2 aliphatic rings. The zero-order valence-corrected chi connectivity index (χ0v) is 11.2. The molecule has 17 heavy (non-hydrogen) atoms. The molecule has 2 aliphatic carbocycles. The Morgan fingerprint density at radius 2 is 1.53 bits per heavy atom. The lowest BCUT2D eigenvalue weighted by atomic mass is 10.00. The predicted molar refractivity (Wildman–Crippen MR) is 72.0 cm³/mol. The minimum atomic E-state index is -0.110. The molecular formula is C15H29NO. The van der Waals surface area contributed by atoms with Crippen LogP contribution in [0, 0.1) is 11.8 Å². The molecule has 2 saturated carbocycles. The lowest BCUT2D eigenvalue weighted by Gasteiger charge is -2.16. The third kappa shape index (κ3) is 4.97. The van der Waals surface area contributed by atoms with E-state index in [1.54, 1.807) is 0 Å². The van der Waals surface area contributed by atoms with E-state index in [1.807, 2.05) is 0 Å². The van der Waals surface area contributed by atoms with Crippen LogP contribution in [0.2, 0.25) is 0 Å². The maximum absolute atomic E-state index is 9.94. The molecule has 0 aromatic carbocycles. The number of aliphatic hydroxyl groups excluding tert-OH is 1. The van der Waals surface area contributed by atoms with E-state index in [0.29, 0.717) is 0 Å². The maximum Gasteiger partial charge on any atom is 0.0667 e. The van der Waals surface area contributed by atoms with E-state index < -0.39 is 0 Å². The van der Waals surface area contributed by atoms with Crippen molar-refractivity contribution in [3.05, 3.63) is 0 Å². The number of hydrogen-bond donors (Lipinski definition) is 2. The van der Waals surface area contributed by atoms with Crippen LogP contribution in [0.4, 0.5) is 0 Å². The average Bonchev–Trinajstić information content (AvgIpc) is 2.96. The monoisotopic (exact) mass is 239 g/mol. The van der Waals surface area contributed by atoms with Crippen molar-refractivity contribution in [2.45, 2.75) is 70.3 Å². The molecule has 0 aromatic rings. The van der Waals surface area contributed by atoms with Crippen molar-refractivity contribution in [3.8, 4) is 0 Å². The van der Waals surface area contributed by atoms with E-state index in [4.69, 9.17) is 0 Å². The number of rotatable bonds is 7. The summed E-state index contributed by atoms with van der Waals surface area (Å²) in [5.74, 6) is 1.77. The van der Waals surface area contributed by atoms with E-state index in [1.165, 1.54) is 57.8 Å². The quantitative estimate of drug-likeness (QED) is 0.669. The van der Waals surface area contributed by atoms with Gasteiger partial charge >= 0.3 is 0 Å². The summed E-state index contributed by atoms with van der Waals surface area (Å²) in [4.78, 5) is 0. The largest absolute Gasteiger partial charge is 0.392 e. The smallest absolute Gasteiger partial charge is 0.0667 e. The molecule has 0 bridgehead atoms. The Labute approximate surface area is 106 Å². The molecule has 0 heterocycles. The summed E-state index contributed by atoms with van der Waals surface area (Å²) in [5.41, 5.74) is 0. The molecule has 2 N–H and O–H groups in total. The Kier molecular flexibility index (Phi) is 5.79. The fourth-order valence-electron chi connectivity index (χ4n) is 3.59. The van der Waals surface area contributed by atoms with Crippen molar-refractivity contribution in [2.24, 2.45) is 11.8 Å². The molecule has 0 aromatic heterocycles. The summed E-state index contributed by atoms with van der Waals surface area (Å²) >= 11 is 0. The third-order valence-corrected chi connectivity index (χ3v) is 4.66. The van der Waals surface area contributed by atoms with Gasteiger partial charge in [0.25, 0.3) is 0 Å². The maximum atomic E-state index is 9.94. The molecule has 1 unspecified atom stereocenters. The van der Waals surface area contributed by atoms with E-state index in [9.17, 15) is 5.11 Å². The van der Waals surface area contributed by atoms with Gasteiger partial charge in [-0.1, -0.05) is 51.4 Å². The van der Waals surface area contributed by atoms with Gasteiger partial charge in [0.15, 0.2) is 0 Å². The normalized spacial score (nSPS) is 24.5. The minimum Gasteiger partial charge on any atom is -0.392 e. The molecule has 2 heteroatoms. The molecule has 2 nitrogen and oxygen atoms in total. The molecule has 0 radical (unpaired) electrons. The Balaban J connectivity index is 1.46. The molecule has 100 valence electrons. The summed E-state index contributed by atoms with van der Waals surface area (Å²) in [5, 5.41) is 13.4. The van der Waals surface area contributed by atoms with E-state index in [2.05, 4.69) is 5.32 Å². The first-order valence-electron chi connectivity index (χ1n) is 7.73. The van der Waals surface area contributed by atoms with Crippen LogP contribution in [0.1, 0.15) is 64.2 Å². The van der Waals surface area contributed by atoms with Gasteiger partial charge in [0.2, 0.25) is 0 Å². The summed E-state index contributed by atoms with van der Waals surface area (Å²) < 4.78 is 0.